The molecule has 0 saturated heterocycles. The summed E-state index contributed by atoms with van der Waals surface area (Å²) in [5, 5.41) is 10.7. The smallest absolute Gasteiger partial charge is 0.162 e. The Morgan fingerprint density at radius 1 is 1.25 bits per heavy atom. The summed E-state index contributed by atoms with van der Waals surface area (Å²) >= 11 is 6.05. The highest BCUT2D eigenvalue weighted by Crippen LogP contribution is 2.34. The van der Waals surface area contributed by atoms with E-state index in [9.17, 15) is 5.11 Å². The Morgan fingerprint density at radius 3 is 2.60 bits per heavy atom. The van der Waals surface area contributed by atoms with E-state index in [0.29, 0.717) is 17.3 Å². The number of phenols is 1. The summed E-state index contributed by atoms with van der Waals surface area (Å²) < 4.78 is 5.12. The van der Waals surface area contributed by atoms with Gasteiger partial charge in [0.2, 0.25) is 0 Å². The van der Waals surface area contributed by atoms with Crippen LogP contribution in [0.15, 0.2) is 36.4 Å². The molecule has 20 heavy (non-hydrogen) atoms. The number of anilines is 1. The van der Waals surface area contributed by atoms with E-state index in [2.05, 4.69) is 17.9 Å². The molecular weight excluding hydrogens is 274 g/mol. The predicted octanol–water partition coefficient (Wildman–Crippen LogP) is 4.00. The van der Waals surface area contributed by atoms with E-state index in [4.69, 9.17) is 16.3 Å². The number of hydrogen-bond donors (Lipinski definition) is 1. The van der Waals surface area contributed by atoms with Gasteiger partial charge in [0.25, 0.3) is 0 Å². The van der Waals surface area contributed by atoms with Crippen molar-refractivity contribution in [3.63, 3.8) is 0 Å². The van der Waals surface area contributed by atoms with Crippen LogP contribution in [0.3, 0.4) is 0 Å². The zero-order chi connectivity index (χ0) is 14.7. The summed E-state index contributed by atoms with van der Waals surface area (Å²) in [5.41, 5.74) is 3.04. The lowest BCUT2D eigenvalue weighted by Crippen LogP contribution is -2.17. The Kier molecular flexibility index (Phi) is 4.40. The number of nitrogens with zero attached hydrogens (tertiary/aromatic N) is 1. The highest BCUT2D eigenvalue weighted by molar-refractivity contribution is 6.30. The van der Waals surface area contributed by atoms with Gasteiger partial charge in [-0.15, -0.1) is 0 Å². The maximum Gasteiger partial charge on any atom is 0.162 e. The Hall–Kier alpha value is -1.87. The third-order valence-electron chi connectivity index (χ3n) is 3.27. The molecule has 0 aliphatic carbocycles. The van der Waals surface area contributed by atoms with Crippen LogP contribution in [0, 0.1) is 6.92 Å². The maximum atomic E-state index is 10.2. The number of aryl methyl sites for hydroxylation is 1. The second kappa shape index (κ2) is 6.06. The molecule has 0 fully saturated rings. The van der Waals surface area contributed by atoms with Crippen molar-refractivity contribution in [3.8, 4) is 11.5 Å². The van der Waals surface area contributed by atoms with Crippen molar-refractivity contribution in [1.82, 2.24) is 0 Å². The molecule has 106 valence electrons. The minimum Gasteiger partial charge on any atom is -0.504 e. The molecule has 2 rings (SSSR count). The maximum absolute atomic E-state index is 10.2. The molecule has 0 unspecified atom stereocenters. The van der Waals surface area contributed by atoms with Gasteiger partial charge in [-0.25, -0.2) is 0 Å². The van der Waals surface area contributed by atoms with Gasteiger partial charge < -0.3 is 14.7 Å². The van der Waals surface area contributed by atoms with Crippen LogP contribution in [0.5, 0.6) is 11.5 Å². The van der Waals surface area contributed by atoms with Crippen LogP contribution in [0.4, 0.5) is 5.69 Å². The topological polar surface area (TPSA) is 32.7 Å². The van der Waals surface area contributed by atoms with Gasteiger partial charge in [-0.1, -0.05) is 29.8 Å². The summed E-state index contributed by atoms with van der Waals surface area (Å²) in [4.78, 5) is 2.07. The molecule has 0 radical (unpaired) electrons. The van der Waals surface area contributed by atoms with Crippen molar-refractivity contribution < 1.29 is 9.84 Å². The molecule has 0 bridgehead atoms. The monoisotopic (exact) mass is 291 g/mol. The number of rotatable bonds is 4. The van der Waals surface area contributed by atoms with Gasteiger partial charge in [-0.2, -0.15) is 0 Å². The fourth-order valence-corrected chi connectivity index (χ4v) is 2.47. The van der Waals surface area contributed by atoms with Crippen molar-refractivity contribution in [2.24, 2.45) is 0 Å². The fraction of sp³-hybridized carbons (Fsp3) is 0.250. The van der Waals surface area contributed by atoms with E-state index in [0.717, 1.165) is 11.3 Å². The van der Waals surface area contributed by atoms with E-state index >= 15 is 0 Å². The average molecular weight is 292 g/mol. The first-order chi connectivity index (χ1) is 9.52. The molecule has 0 spiro atoms. The van der Waals surface area contributed by atoms with Crippen molar-refractivity contribution in [3.05, 3.63) is 52.5 Å². The molecule has 0 saturated carbocycles. The minimum absolute atomic E-state index is 0.136. The summed E-state index contributed by atoms with van der Waals surface area (Å²) in [6.07, 6.45) is 0. The van der Waals surface area contributed by atoms with Gasteiger partial charge in [-0.05, 0) is 24.6 Å². The van der Waals surface area contributed by atoms with Gasteiger partial charge in [0, 0.05) is 35.9 Å². The number of halogens is 1. The Balaban J connectivity index is 2.30. The first-order valence-electron chi connectivity index (χ1n) is 6.35. The standard InChI is InChI=1S/C16H18ClNO2/c1-11-6-4-5-7-14(11)18(2)10-12-8-13(17)9-15(20-3)16(12)19/h4-9,19H,10H2,1-3H3. The number of phenolic OH excluding ortho intramolecular Hbond substituents is 1. The molecule has 0 heterocycles. The van der Waals surface area contributed by atoms with Crippen LogP contribution in [0.2, 0.25) is 5.02 Å². The van der Waals surface area contributed by atoms with E-state index in [1.807, 2.05) is 25.2 Å². The number of hydrogen-bond acceptors (Lipinski definition) is 3. The molecule has 4 heteroatoms. The van der Waals surface area contributed by atoms with Crippen LogP contribution in [0.1, 0.15) is 11.1 Å². The van der Waals surface area contributed by atoms with Crippen molar-refractivity contribution in [2.45, 2.75) is 13.5 Å². The number of para-hydroxylation sites is 1. The third-order valence-corrected chi connectivity index (χ3v) is 3.49. The average Bonchev–Trinajstić information content (AvgIpc) is 2.42. The molecule has 2 aromatic carbocycles. The Bertz CT molecular complexity index is 613. The van der Waals surface area contributed by atoms with Crippen molar-refractivity contribution in [2.75, 3.05) is 19.1 Å². The molecule has 0 aliphatic heterocycles. The molecule has 0 amide bonds. The quantitative estimate of drug-likeness (QED) is 0.924. The minimum atomic E-state index is 0.136. The summed E-state index contributed by atoms with van der Waals surface area (Å²) in [6, 6.07) is 11.5. The van der Waals surface area contributed by atoms with E-state index in [1.54, 1.807) is 12.1 Å². The second-order valence-electron chi connectivity index (χ2n) is 4.76. The van der Waals surface area contributed by atoms with Gasteiger partial charge >= 0.3 is 0 Å². The number of methoxy groups -OCH3 is 1. The molecule has 1 N–H and O–H groups in total. The van der Waals surface area contributed by atoms with E-state index < -0.39 is 0 Å². The first kappa shape index (κ1) is 14.5. The molecule has 3 nitrogen and oxygen atoms in total. The lowest BCUT2D eigenvalue weighted by Gasteiger charge is -2.22. The highest BCUT2D eigenvalue weighted by Gasteiger charge is 2.13. The van der Waals surface area contributed by atoms with Crippen LogP contribution in [-0.2, 0) is 6.54 Å². The predicted molar refractivity (Wildman–Crippen MR) is 83.0 cm³/mol. The van der Waals surface area contributed by atoms with Gasteiger partial charge in [0.1, 0.15) is 0 Å². The van der Waals surface area contributed by atoms with Crippen LogP contribution >= 0.6 is 11.6 Å². The fourth-order valence-electron chi connectivity index (χ4n) is 2.24. The zero-order valence-electron chi connectivity index (χ0n) is 11.9. The number of benzene rings is 2. The lowest BCUT2D eigenvalue weighted by atomic mass is 10.1. The molecular formula is C16H18ClNO2. The molecule has 0 aromatic heterocycles. The summed E-state index contributed by atoms with van der Waals surface area (Å²) in [6.45, 7) is 2.61. The van der Waals surface area contributed by atoms with Crippen LogP contribution in [0.25, 0.3) is 0 Å². The van der Waals surface area contributed by atoms with Gasteiger partial charge in [-0.3, -0.25) is 0 Å². The van der Waals surface area contributed by atoms with Crippen LogP contribution < -0.4 is 9.64 Å². The molecule has 2 aromatic rings. The lowest BCUT2D eigenvalue weighted by molar-refractivity contribution is 0.370. The van der Waals surface area contributed by atoms with E-state index in [1.165, 1.54) is 12.7 Å². The third kappa shape index (κ3) is 2.99. The second-order valence-corrected chi connectivity index (χ2v) is 5.19. The molecule has 0 aliphatic rings. The van der Waals surface area contributed by atoms with E-state index in [-0.39, 0.29) is 5.75 Å². The summed E-state index contributed by atoms with van der Waals surface area (Å²) in [5.74, 6) is 0.531. The van der Waals surface area contributed by atoms with Gasteiger partial charge in [0.15, 0.2) is 11.5 Å². The Labute approximate surface area is 124 Å². The number of aromatic hydroxyl groups is 1. The SMILES string of the molecule is COc1cc(Cl)cc(CN(C)c2ccccc2C)c1O. The number of ether oxygens (including phenoxy) is 1. The van der Waals surface area contributed by atoms with Crippen LogP contribution in [-0.4, -0.2) is 19.3 Å². The molecule has 0 atom stereocenters. The normalized spacial score (nSPS) is 10.4. The van der Waals surface area contributed by atoms with Crippen molar-refractivity contribution in [1.29, 1.82) is 0 Å². The van der Waals surface area contributed by atoms with Gasteiger partial charge in [0.05, 0.1) is 7.11 Å². The largest absolute Gasteiger partial charge is 0.504 e. The first-order valence-corrected chi connectivity index (χ1v) is 6.73. The highest BCUT2D eigenvalue weighted by atomic mass is 35.5. The zero-order valence-corrected chi connectivity index (χ0v) is 12.6. The summed E-state index contributed by atoms with van der Waals surface area (Å²) in [7, 11) is 3.50. The van der Waals surface area contributed by atoms with Crippen molar-refractivity contribution >= 4 is 17.3 Å². The Morgan fingerprint density at radius 2 is 1.95 bits per heavy atom.